The molecule has 2 aromatic rings. The molecule has 4 rings (SSSR count). The van der Waals surface area contributed by atoms with Gasteiger partial charge in [0.1, 0.15) is 5.82 Å². The Balaban J connectivity index is 1.48. The second kappa shape index (κ2) is 5.08. The highest BCUT2D eigenvalue weighted by molar-refractivity contribution is 5.84. The summed E-state index contributed by atoms with van der Waals surface area (Å²) < 4.78 is 1.78. The Morgan fingerprint density at radius 1 is 1.35 bits per heavy atom. The zero-order valence-electron chi connectivity index (χ0n) is 13.3. The van der Waals surface area contributed by atoms with Gasteiger partial charge in [0.2, 0.25) is 0 Å². The van der Waals surface area contributed by atoms with E-state index >= 15 is 0 Å². The molecule has 1 aliphatic heterocycles. The fourth-order valence-corrected chi connectivity index (χ4v) is 3.68. The van der Waals surface area contributed by atoms with Gasteiger partial charge in [-0.05, 0) is 36.3 Å². The van der Waals surface area contributed by atoms with Crippen LogP contribution in [0.2, 0.25) is 0 Å². The van der Waals surface area contributed by atoms with Crippen LogP contribution in [0, 0.1) is 24.7 Å². The number of anilines is 1. The molecule has 1 N–H and O–H groups in total. The molecule has 0 spiro atoms. The molecule has 23 heavy (non-hydrogen) atoms. The number of imidazole rings is 1. The van der Waals surface area contributed by atoms with Gasteiger partial charge in [-0.2, -0.15) is 0 Å². The van der Waals surface area contributed by atoms with Gasteiger partial charge < -0.3 is 14.6 Å². The van der Waals surface area contributed by atoms with Crippen molar-refractivity contribution in [3.8, 4) is 0 Å². The van der Waals surface area contributed by atoms with E-state index in [-0.39, 0.29) is 5.69 Å². The van der Waals surface area contributed by atoms with Crippen LogP contribution < -0.4 is 4.90 Å². The number of pyridine rings is 1. The Bertz CT molecular complexity index is 758. The number of fused-ring (bicyclic) bond motifs is 1. The number of piperidine rings is 1. The lowest BCUT2D eigenvalue weighted by molar-refractivity contribution is 0.0691. The summed E-state index contributed by atoms with van der Waals surface area (Å²) in [6, 6.07) is 4.16. The third-order valence-electron chi connectivity index (χ3n) is 5.33. The zero-order valence-corrected chi connectivity index (χ0v) is 13.3. The number of nitrogens with zero attached hydrogens (tertiary/aromatic N) is 4. The van der Waals surface area contributed by atoms with Crippen LogP contribution in [0.4, 0.5) is 5.82 Å². The van der Waals surface area contributed by atoms with Gasteiger partial charge in [-0.3, -0.25) is 0 Å². The molecule has 0 bridgehead atoms. The average Bonchev–Trinajstić information content (AvgIpc) is 2.94. The minimum Gasteiger partial charge on any atom is -0.476 e. The number of carbonyl (C=O) groups is 1. The molecule has 2 fully saturated rings. The first kappa shape index (κ1) is 14.2. The van der Waals surface area contributed by atoms with Gasteiger partial charge >= 0.3 is 5.97 Å². The summed E-state index contributed by atoms with van der Waals surface area (Å²) in [5.74, 6) is 2.66. The molecule has 3 heterocycles. The van der Waals surface area contributed by atoms with Gasteiger partial charge in [-0.15, -0.1) is 0 Å². The molecule has 1 saturated heterocycles. The van der Waals surface area contributed by atoms with E-state index < -0.39 is 5.97 Å². The van der Waals surface area contributed by atoms with Crippen molar-refractivity contribution < 1.29 is 9.90 Å². The van der Waals surface area contributed by atoms with Crippen molar-refractivity contribution in [3.63, 3.8) is 0 Å². The molecule has 0 aromatic carbocycles. The SMILES string of the molecule is Cc1nc(N2C[C@@H]3C(C)[C@@H]3C2)ccc1Cn1cnc(C(=O)O)c1. The number of aryl methyl sites for hydroxylation is 1. The van der Waals surface area contributed by atoms with E-state index in [0.29, 0.717) is 6.54 Å². The lowest BCUT2D eigenvalue weighted by Gasteiger charge is -2.21. The van der Waals surface area contributed by atoms with Gasteiger partial charge in [-0.25, -0.2) is 14.8 Å². The van der Waals surface area contributed by atoms with Crippen LogP contribution in [-0.2, 0) is 6.54 Å². The first-order valence-electron chi connectivity index (χ1n) is 7.99. The summed E-state index contributed by atoms with van der Waals surface area (Å²) in [5, 5.41) is 8.93. The van der Waals surface area contributed by atoms with Gasteiger partial charge in [0.15, 0.2) is 5.69 Å². The molecule has 6 heteroatoms. The quantitative estimate of drug-likeness (QED) is 0.935. The normalized spacial score (nSPS) is 25.5. The predicted molar refractivity (Wildman–Crippen MR) is 85.6 cm³/mol. The maximum atomic E-state index is 10.9. The minimum atomic E-state index is -1.00. The lowest BCUT2D eigenvalue weighted by atomic mass is 10.2. The summed E-state index contributed by atoms with van der Waals surface area (Å²) in [7, 11) is 0. The number of carboxylic acid groups (broad SMARTS) is 1. The first-order valence-corrected chi connectivity index (χ1v) is 7.99. The minimum absolute atomic E-state index is 0.0673. The summed E-state index contributed by atoms with van der Waals surface area (Å²) in [6.45, 7) is 7.18. The Morgan fingerprint density at radius 2 is 2.09 bits per heavy atom. The largest absolute Gasteiger partial charge is 0.476 e. The molecule has 0 amide bonds. The maximum absolute atomic E-state index is 10.9. The number of rotatable bonds is 4. The van der Waals surface area contributed by atoms with Gasteiger partial charge in [0, 0.05) is 25.0 Å². The van der Waals surface area contributed by atoms with Crippen LogP contribution >= 0.6 is 0 Å². The summed E-state index contributed by atoms with van der Waals surface area (Å²) in [4.78, 5) is 21.9. The van der Waals surface area contributed by atoms with Crippen molar-refractivity contribution in [1.29, 1.82) is 0 Å². The van der Waals surface area contributed by atoms with Crippen LogP contribution in [0.25, 0.3) is 0 Å². The van der Waals surface area contributed by atoms with E-state index in [0.717, 1.165) is 47.9 Å². The molecular formula is C17H20N4O2. The maximum Gasteiger partial charge on any atom is 0.356 e. The van der Waals surface area contributed by atoms with Gasteiger partial charge in [0.05, 0.1) is 12.9 Å². The van der Waals surface area contributed by atoms with Crippen LogP contribution in [0.5, 0.6) is 0 Å². The third-order valence-corrected chi connectivity index (χ3v) is 5.33. The topological polar surface area (TPSA) is 71.2 Å². The van der Waals surface area contributed by atoms with Gasteiger partial charge in [0.25, 0.3) is 0 Å². The molecule has 2 aromatic heterocycles. The molecule has 1 aliphatic carbocycles. The highest BCUT2D eigenvalue weighted by atomic mass is 16.4. The second-order valence-corrected chi connectivity index (χ2v) is 6.74. The Hall–Kier alpha value is -2.37. The highest BCUT2D eigenvalue weighted by Crippen LogP contribution is 2.51. The smallest absolute Gasteiger partial charge is 0.356 e. The van der Waals surface area contributed by atoms with E-state index in [2.05, 4.69) is 28.9 Å². The molecule has 1 unspecified atom stereocenters. The van der Waals surface area contributed by atoms with Gasteiger partial charge in [-0.1, -0.05) is 13.0 Å². The number of carboxylic acids is 1. The van der Waals surface area contributed by atoms with Crippen LogP contribution in [0.15, 0.2) is 24.7 Å². The number of hydrogen-bond acceptors (Lipinski definition) is 4. The van der Waals surface area contributed by atoms with Crippen LogP contribution in [0.3, 0.4) is 0 Å². The molecule has 6 nitrogen and oxygen atoms in total. The van der Waals surface area contributed by atoms with Crippen molar-refractivity contribution in [2.24, 2.45) is 17.8 Å². The number of aromatic carboxylic acids is 1. The number of hydrogen-bond donors (Lipinski definition) is 1. The lowest BCUT2D eigenvalue weighted by Crippen LogP contribution is -2.24. The first-order chi connectivity index (χ1) is 11.0. The average molecular weight is 312 g/mol. The third kappa shape index (κ3) is 2.48. The van der Waals surface area contributed by atoms with Crippen molar-refractivity contribution >= 4 is 11.8 Å². The summed E-state index contributed by atoms with van der Waals surface area (Å²) in [5.41, 5.74) is 2.14. The van der Waals surface area contributed by atoms with Crippen molar-refractivity contribution in [1.82, 2.24) is 14.5 Å². The molecule has 2 aliphatic rings. The van der Waals surface area contributed by atoms with Crippen LogP contribution in [0.1, 0.15) is 28.7 Å². The van der Waals surface area contributed by atoms with Crippen molar-refractivity contribution in [2.45, 2.75) is 20.4 Å². The van der Waals surface area contributed by atoms with Crippen molar-refractivity contribution in [3.05, 3.63) is 41.6 Å². The molecule has 120 valence electrons. The summed E-state index contributed by atoms with van der Waals surface area (Å²) >= 11 is 0. The van der Waals surface area contributed by atoms with E-state index in [4.69, 9.17) is 10.1 Å². The van der Waals surface area contributed by atoms with Crippen LogP contribution in [-0.4, -0.2) is 38.7 Å². The molecule has 3 atom stereocenters. The molecular weight excluding hydrogens is 292 g/mol. The number of aromatic nitrogens is 3. The monoisotopic (exact) mass is 312 g/mol. The fourth-order valence-electron chi connectivity index (χ4n) is 3.68. The Labute approximate surface area is 134 Å². The Morgan fingerprint density at radius 3 is 2.70 bits per heavy atom. The molecule has 0 radical (unpaired) electrons. The predicted octanol–water partition coefficient (Wildman–Crippen LogP) is 2.04. The van der Waals surface area contributed by atoms with E-state index in [1.165, 1.54) is 0 Å². The highest BCUT2D eigenvalue weighted by Gasteiger charge is 2.52. The standard InChI is InChI=1S/C17H20N4O2/c1-10-13-6-21(7-14(10)13)16-4-3-12(11(2)19-16)5-20-8-15(17(22)23)18-9-20/h3-4,8-10,13-14H,5-7H2,1-2H3,(H,22,23)/t10?,13-,14+. The fraction of sp³-hybridized carbons (Fsp3) is 0.471. The van der Waals surface area contributed by atoms with E-state index in [9.17, 15) is 4.79 Å². The second-order valence-electron chi connectivity index (χ2n) is 6.74. The summed E-state index contributed by atoms with van der Waals surface area (Å²) in [6.07, 6.45) is 3.09. The van der Waals surface area contributed by atoms with E-state index in [1.807, 2.05) is 6.92 Å². The van der Waals surface area contributed by atoms with E-state index in [1.54, 1.807) is 17.1 Å². The zero-order chi connectivity index (χ0) is 16.1. The molecule has 1 saturated carbocycles. The Kier molecular flexibility index (Phi) is 3.14. The van der Waals surface area contributed by atoms with Crippen molar-refractivity contribution in [2.75, 3.05) is 18.0 Å².